The molecule has 1 fully saturated rings. The standard InChI is InChI=1S/C11H12N2O2S.C6H14N2.C5H12O.C4H8N4.3C2H6.CH3.H2O.Y/c1-11(10(14)15)4-2-3-7-8(11)6(5-12)9(13)16-7;1-6-5-7-3-2-4-8-6;1-5(2,3)6-4;5-2-1-3(6)4(7)8;3*1-2;;;/h2-4,13H2,1H3,(H,14,15);6-8H,2-5H2,1H3;1-4H3;1-2,5H,6H2,(H3,7,8);3*1-2H3;1H3;1H2;/q;;;;;;;-1;;/b;;;3-1-,5-2?;;;;;;/t11-;6-;;;;;;;;/m00......../s1. The van der Waals surface area contributed by atoms with Crippen molar-refractivity contribution >= 4 is 34.4 Å². The Morgan fingerprint density at radius 1 is 1.15 bits per heavy atom. The molecule has 0 amide bonds. The number of methoxy groups -OCH3 is 1. The average Bonchev–Trinajstić information content (AvgIpc) is 3.15. The first-order valence-corrected chi connectivity index (χ1v) is 16.3. The van der Waals surface area contributed by atoms with Crippen molar-refractivity contribution in [3.05, 3.63) is 35.2 Å². The first kappa shape index (κ1) is 60.4. The number of carboxylic acids is 1. The number of carboxylic acid groups (broad SMARTS) is 1. The summed E-state index contributed by atoms with van der Waals surface area (Å²) in [6, 6.07) is 2.70. The van der Waals surface area contributed by atoms with E-state index in [2.05, 4.69) is 17.6 Å². The van der Waals surface area contributed by atoms with Crippen LogP contribution in [0, 0.1) is 29.6 Å². The predicted octanol–water partition coefficient (Wildman–Crippen LogP) is 5.39. The van der Waals surface area contributed by atoms with Crippen molar-refractivity contribution in [2.75, 3.05) is 32.5 Å². The summed E-state index contributed by atoms with van der Waals surface area (Å²) >= 11 is 1.35. The van der Waals surface area contributed by atoms with Gasteiger partial charge in [-0.05, 0) is 79.5 Å². The topological polar surface area (TPSA) is 252 Å². The Balaban J connectivity index is -0.0000000897. The van der Waals surface area contributed by atoms with Crippen LogP contribution in [0.2, 0.25) is 0 Å². The second-order valence-electron chi connectivity index (χ2n) is 10.2. The molecule has 14 heteroatoms. The first-order valence-electron chi connectivity index (χ1n) is 15.5. The number of nitrogens with zero attached hydrogens (tertiary/aromatic N) is 1. The zero-order valence-corrected chi connectivity index (χ0v) is 35.3. The predicted molar refractivity (Wildman–Crippen MR) is 200 cm³/mol. The van der Waals surface area contributed by atoms with Gasteiger partial charge in [-0.2, -0.15) is 5.26 Å². The Labute approximate surface area is 316 Å². The monoisotopic (exact) mass is 762 g/mol. The molecule has 47 heavy (non-hydrogen) atoms. The number of hydrogen-bond donors (Lipinski definition) is 8. The van der Waals surface area contributed by atoms with Crippen LogP contribution in [0.3, 0.4) is 0 Å². The molecule has 1 saturated heterocycles. The van der Waals surface area contributed by atoms with Gasteiger partial charge in [0.1, 0.15) is 16.9 Å². The van der Waals surface area contributed by atoms with Crippen LogP contribution >= 0.6 is 11.3 Å². The van der Waals surface area contributed by atoms with Gasteiger partial charge in [0.25, 0.3) is 0 Å². The minimum absolute atomic E-state index is 0. The van der Waals surface area contributed by atoms with Crippen LogP contribution in [0.25, 0.3) is 0 Å². The summed E-state index contributed by atoms with van der Waals surface area (Å²) in [6.07, 6.45) is 5.74. The fourth-order valence-electron chi connectivity index (χ4n) is 3.44. The van der Waals surface area contributed by atoms with Crippen molar-refractivity contribution in [1.82, 2.24) is 10.6 Å². The van der Waals surface area contributed by atoms with Crippen LogP contribution in [-0.2, 0) is 54.1 Å². The maximum Gasteiger partial charge on any atom is 0.313 e. The van der Waals surface area contributed by atoms with E-state index in [4.69, 9.17) is 38.0 Å². The SMILES string of the molecule is CC.CC.CC.COC(C)(C)C.C[C@H]1CNCCCN1.C[C@]1(C(=O)O)CCCc2sc(N)c(C#N)c21.N=C/C=C(\N)C(=N)N.O.[CH3-].[Y]. The number of thiophene rings is 1. The molecule has 0 spiro atoms. The number of ether oxygens (including phenoxy) is 1. The number of carbonyl (C=O) groups is 1. The normalized spacial score (nSPS) is 17.2. The van der Waals surface area contributed by atoms with Gasteiger partial charge in [0, 0.05) is 69.1 Å². The van der Waals surface area contributed by atoms with Gasteiger partial charge in [-0.25, -0.2) is 0 Å². The summed E-state index contributed by atoms with van der Waals surface area (Å²) in [5.74, 6) is -1.07. The number of rotatable bonds is 3. The van der Waals surface area contributed by atoms with Crippen LogP contribution in [-0.4, -0.2) is 67.0 Å². The van der Waals surface area contributed by atoms with E-state index >= 15 is 0 Å². The van der Waals surface area contributed by atoms with Crippen LogP contribution in [0.1, 0.15) is 111 Å². The number of aryl methyl sites for hydroxylation is 1. The molecule has 2 heterocycles. The van der Waals surface area contributed by atoms with E-state index < -0.39 is 11.4 Å². The van der Waals surface area contributed by atoms with Gasteiger partial charge in [-0.3, -0.25) is 10.2 Å². The van der Waals surface area contributed by atoms with Crippen molar-refractivity contribution in [2.24, 2.45) is 11.5 Å². The molecule has 12 nitrogen and oxygen atoms in total. The van der Waals surface area contributed by atoms with Crippen molar-refractivity contribution in [3.8, 4) is 6.07 Å². The fraction of sp³-hybridized carbons (Fsp3) is 0.667. The third kappa shape index (κ3) is 26.7. The Bertz CT molecular complexity index is 1000. The van der Waals surface area contributed by atoms with E-state index in [9.17, 15) is 9.90 Å². The molecule has 2 aliphatic rings. The number of fused-ring (bicyclic) bond motifs is 1. The molecule has 13 N–H and O–H groups in total. The Hall–Kier alpha value is -1.92. The molecule has 0 aromatic carbocycles. The maximum absolute atomic E-state index is 11.4. The Morgan fingerprint density at radius 3 is 2.00 bits per heavy atom. The molecule has 1 radical (unpaired) electrons. The number of nitrogens with two attached hydrogens (primary N) is 3. The molecule has 1 aromatic rings. The molecular weight excluding hydrogens is 693 g/mol. The van der Waals surface area contributed by atoms with Gasteiger partial charge in [0.05, 0.1) is 22.3 Å². The zero-order valence-electron chi connectivity index (χ0n) is 31.6. The van der Waals surface area contributed by atoms with Crippen LogP contribution in [0.15, 0.2) is 11.8 Å². The number of anilines is 1. The smallest absolute Gasteiger partial charge is 0.313 e. The fourth-order valence-corrected chi connectivity index (χ4v) is 4.63. The second-order valence-corrected chi connectivity index (χ2v) is 11.3. The number of aliphatic carboxylic acids is 1. The minimum Gasteiger partial charge on any atom is -0.481 e. The van der Waals surface area contributed by atoms with E-state index in [-0.39, 0.29) is 62.7 Å². The van der Waals surface area contributed by atoms with Gasteiger partial charge in [0.15, 0.2) is 0 Å². The summed E-state index contributed by atoms with van der Waals surface area (Å²) in [7, 11) is 1.71. The van der Waals surface area contributed by atoms with Gasteiger partial charge in [-0.15, -0.1) is 11.3 Å². The zero-order chi connectivity index (χ0) is 35.5. The molecule has 3 rings (SSSR count). The number of amidine groups is 1. The van der Waals surface area contributed by atoms with Crippen molar-refractivity contribution < 1.29 is 52.8 Å². The number of allylic oxidation sites excluding steroid dienone is 1. The van der Waals surface area contributed by atoms with Crippen molar-refractivity contribution in [3.63, 3.8) is 0 Å². The van der Waals surface area contributed by atoms with Gasteiger partial charge in [-0.1, -0.05) is 41.5 Å². The number of nitriles is 1. The van der Waals surface area contributed by atoms with Crippen LogP contribution < -0.4 is 27.8 Å². The molecule has 275 valence electrons. The number of nitrogen functional groups attached to an aromatic ring is 1. The van der Waals surface area contributed by atoms with Crippen molar-refractivity contribution in [1.29, 1.82) is 16.1 Å². The van der Waals surface area contributed by atoms with Gasteiger partial charge < -0.3 is 56.0 Å². The maximum atomic E-state index is 11.4. The molecular formula is C33H69N8O4SY-. The van der Waals surface area contributed by atoms with Crippen LogP contribution in [0.5, 0.6) is 0 Å². The van der Waals surface area contributed by atoms with Gasteiger partial charge >= 0.3 is 5.97 Å². The first-order chi connectivity index (χ1) is 20.6. The summed E-state index contributed by atoms with van der Waals surface area (Å²) < 4.78 is 4.94. The molecule has 1 aromatic heterocycles. The summed E-state index contributed by atoms with van der Waals surface area (Å²) in [5, 5.41) is 38.7. The second kappa shape index (κ2) is 35.4. The summed E-state index contributed by atoms with van der Waals surface area (Å²) in [4.78, 5) is 12.3. The minimum atomic E-state index is -0.952. The average molecular weight is 763 g/mol. The summed E-state index contributed by atoms with van der Waals surface area (Å²) in [6.45, 7) is 25.4. The Kier molecular flexibility index (Phi) is 45.5. The largest absolute Gasteiger partial charge is 0.481 e. The number of hydrogen-bond acceptors (Lipinski definition) is 10. The van der Waals surface area contributed by atoms with E-state index in [1.807, 2.05) is 68.4 Å². The third-order valence-corrected chi connectivity index (χ3v) is 6.96. The molecule has 0 unspecified atom stereocenters. The molecule has 1 aliphatic carbocycles. The molecule has 1 aliphatic heterocycles. The van der Waals surface area contributed by atoms with E-state index in [1.165, 1.54) is 36.9 Å². The molecule has 2 atom stereocenters. The van der Waals surface area contributed by atoms with Crippen LogP contribution in [0.4, 0.5) is 5.00 Å². The van der Waals surface area contributed by atoms with Gasteiger partial charge in [0.2, 0.25) is 0 Å². The Morgan fingerprint density at radius 2 is 1.64 bits per heavy atom. The van der Waals surface area contributed by atoms with Crippen molar-refractivity contribution in [2.45, 2.75) is 119 Å². The quantitative estimate of drug-likeness (QED) is 0.112. The summed E-state index contributed by atoms with van der Waals surface area (Å²) in [5.41, 5.74) is 16.0. The third-order valence-electron chi connectivity index (χ3n) is 5.88. The van der Waals surface area contributed by atoms with E-state index in [1.54, 1.807) is 14.0 Å². The molecule has 0 saturated carbocycles. The molecule has 0 bridgehead atoms. The van der Waals surface area contributed by atoms with E-state index in [0.29, 0.717) is 28.6 Å². The van der Waals surface area contributed by atoms with E-state index in [0.717, 1.165) is 30.5 Å². The number of nitrogens with one attached hydrogen (secondary N) is 4.